The minimum atomic E-state index is -0.303. The lowest BCUT2D eigenvalue weighted by atomic mass is 10.1. The van der Waals surface area contributed by atoms with Gasteiger partial charge in [-0.05, 0) is 73.5 Å². The van der Waals surface area contributed by atoms with Crippen LogP contribution >= 0.6 is 11.3 Å². The second-order valence-corrected chi connectivity index (χ2v) is 7.62. The summed E-state index contributed by atoms with van der Waals surface area (Å²) < 4.78 is 20.7. The molecule has 0 radical (unpaired) electrons. The van der Waals surface area contributed by atoms with Gasteiger partial charge in [0.05, 0.1) is 4.88 Å². The molecule has 0 saturated carbocycles. The largest absolute Gasteiger partial charge is 0.457 e. The van der Waals surface area contributed by atoms with E-state index in [-0.39, 0.29) is 11.7 Å². The number of carbonyl (C=O) groups excluding carboxylic acids is 1. The number of thiophene rings is 1. The van der Waals surface area contributed by atoms with Crippen LogP contribution in [0.1, 0.15) is 20.8 Å². The SMILES string of the molecule is Cc1cccc(Oc2ccc(NC(=O)c3sc4cccc(F)c4c3C)cc2)c1. The van der Waals surface area contributed by atoms with E-state index in [0.717, 1.165) is 16.0 Å². The molecular weight excluding hydrogens is 373 g/mol. The van der Waals surface area contributed by atoms with Gasteiger partial charge in [-0.2, -0.15) is 0 Å². The molecule has 0 atom stereocenters. The van der Waals surface area contributed by atoms with Crippen molar-refractivity contribution < 1.29 is 13.9 Å². The number of nitrogens with one attached hydrogen (secondary N) is 1. The monoisotopic (exact) mass is 391 g/mol. The highest BCUT2D eigenvalue weighted by atomic mass is 32.1. The van der Waals surface area contributed by atoms with Gasteiger partial charge in [0.25, 0.3) is 5.91 Å². The summed E-state index contributed by atoms with van der Waals surface area (Å²) in [5, 5.41) is 3.39. The molecule has 0 aliphatic carbocycles. The summed E-state index contributed by atoms with van der Waals surface area (Å²) in [7, 11) is 0. The van der Waals surface area contributed by atoms with Crippen molar-refractivity contribution in [3.63, 3.8) is 0 Å². The molecule has 1 heterocycles. The van der Waals surface area contributed by atoms with Gasteiger partial charge in [0, 0.05) is 15.8 Å². The third-order valence-corrected chi connectivity index (χ3v) is 5.70. The van der Waals surface area contributed by atoms with Crippen LogP contribution in [0.25, 0.3) is 10.1 Å². The number of aryl methyl sites for hydroxylation is 2. The summed E-state index contributed by atoms with van der Waals surface area (Å²) in [5.41, 5.74) is 2.44. The topological polar surface area (TPSA) is 38.3 Å². The lowest BCUT2D eigenvalue weighted by molar-refractivity contribution is 0.103. The van der Waals surface area contributed by atoms with Gasteiger partial charge >= 0.3 is 0 Å². The third kappa shape index (κ3) is 3.62. The first-order valence-corrected chi connectivity index (χ1v) is 9.66. The standard InChI is InChI=1S/C23H18FNO2S/c1-14-5-3-6-18(13-14)27-17-11-9-16(10-12-17)25-23(26)22-15(2)21-19(24)7-4-8-20(21)28-22/h3-13H,1-2H3,(H,25,26). The van der Waals surface area contributed by atoms with Crippen LogP contribution in [-0.2, 0) is 0 Å². The lowest BCUT2D eigenvalue weighted by Crippen LogP contribution is -2.11. The molecule has 3 nitrogen and oxygen atoms in total. The van der Waals surface area contributed by atoms with Crippen molar-refractivity contribution in [2.24, 2.45) is 0 Å². The van der Waals surface area contributed by atoms with Crippen LogP contribution in [0.2, 0.25) is 0 Å². The summed E-state index contributed by atoms with van der Waals surface area (Å²) >= 11 is 1.29. The van der Waals surface area contributed by atoms with Crippen molar-refractivity contribution in [1.82, 2.24) is 0 Å². The lowest BCUT2D eigenvalue weighted by Gasteiger charge is -2.08. The average molecular weight is 391 g/mol. The number of benzene rings is 3. The van der Waals surface area contributed by atoms with E-state index in [2.05, 4.69) is 5.32 Å². The molecule has 0 aliphatic heterocycles. The fraction of sp³-hybridized carbons (Fsp3) is 0.0870. The first-order valence-electron chi connectivity index (χ1n) is 8.85. The average Bonchev–Trinajstić information content (AvgIpc) is 3.01. The van der Waals surface area contributed by atoms with Crippen molar-refractivity contribution in [2.45, 2.75) is 13.8 Å². The van der Waals surface area contributed by atoms with Gasteiger partial charge < -0.3 is 10.1 Å². The van der Waals surface area contributed by atoms with Crippen LogP contribution in [0.5, 0.6) is 11.5 Å². The Bertz CT molecular complexity index is 1170. The number of anilines is 1. The minimum absolute atomic E-state index is 0.245. The van der Waals surface area contributed by atoms with E-state index in [1.807, 2.05) is 37.3 Å². The molecule has 4 aromatic rings. The highest BCUT2D eigenvalue weighted by Gasteiger charge is 2.17. The summed E-state index contributed by atoms with van der Waals surface area (Å²) in [5.74, 6) is 0.900. The van der Waals surface area contributed by atoms with Crippen LogP contribution in [-0.4, -0.2) is 5.91 Å². The molecule has 140 valence electrons. The highest BCUT2D eigenvalue weighted by molar-refractivity contribution is 7.21. The number of hydrogen-bond donors (Lipinski definition) is 1. The van der Waals surface area contributed by atoms with E-state index in [4.69, 9.17) is 4.74 Å². The second-order valence-electron chi connectivity index (χ2n) is 6.57. The predicted molar refractivity (Wildman–Crippen MR) is 112 cm³/mol. The molecule has 4 rings (SSSR count). The van der Waals surface area contributed by atoms with Gasteiger partial charge in [-0.3, -0.25) is 4.79 Å². The second kappa shape index (κ2) is 7.44. The molecule has 1 aromatic heterocycles. The van der Waals surface area contributed by atoms with Crippen LogP contribution in [0.15, 0.2) is 66.7 Å². The van der Waals surface area contributed by atoms with Crippen LogP contribution in [0, 0.1) is 19.7 Å². The molecule has 1 amide bonds. The third-order valence-electron chi connectivity index (χ3n) is 4.45. The maximum Gasteiger partial charge on any atom is 0.266 e. The Hall–Kier alpha value is -3.18. The Kier molecular flexibility index (Phi) is 4.84. The fourth-order valence-electron chi connectivity index (χ4n) is 3.08. The number of halogens is 1. The van der Waals surface area contributed by atoms with E-state index >= 15 is 0 Å². The molecule has 3 aromatic carbocycles. The molecule has 0 aliphatic rings. The Morgan fingerprint density at radius 1 is 0.964 bits per heavy atom. The molecule has 0 bridgehead atoms. The summed E-state index contributed by atoms with van der Waals surface area (Å²) in [4.78, 5) is 13.2. The summed E-state index contributed by atoms with van der Waals surface area (Å²) in [6.07, 6.45) is 0. The van der Waals surface area contributed by atoms with Crippen molar-refractivity contribution in [3.8, 4) is 11.5 Å². The van der Waals surface area contributed by atoms with Crippen molar-refractivity contribution in [1.29, 1.82) is 0 Å². The quantitative estimate of drug-likeness (QED) is 0.420. The van der Waals surface area contributed by atoms with E-state index in [1.165, 1.54) is 17.4 Å². The fourth-order valence-corrected chi connectivity index (χ4v) is 4.20. The molecule has 0 saturated heterocycles. The number of amides is 1. The number of carbonyl (C=O) groups is 1. The zero-order valence-corrected chi connectivity index (χ0v) is 16.3. The normalized spacial score (nSPS) is 10.8. The first kappa shape index (κ1) is 18.2. The molecular formula is C23H18FNO2S. The molecule has 0 fully saturated rings. The van der Waals surface area contributed by atoms with Crippen molar-refractivity contribution in [3.05, 3.63) is 88.6 Å². The van der Waals surface area contributed by atoms with Gasteiger partial charge in [0.1, 0.15) is 17.3 Å². The molecule has 0 unspecified atom stereocenters. The smallest absolute Gasteiger partial charge is 0.266 e. The minimum Gasteiger partial charge on any atom is -0.457 e. The maximum absolute atomic E-state index is 14.1. The number of fused-ring (bicyclic) bond motifs is 1. The van der Waals surface area contributed by atoms with Crippen LogP contribution in [0.4, 0.5) is 10.1 Å². The van der Waals surface area contributed by atoms with E-state index in [1.54, 1.807) is 37.3 Å². The van der Waals surface area contributed by atoms with Crippen molar-refractivity contribution >= 4 is 33.0 Å². The van der Waals surface area contributed by atoms with Crippen molar-refractivity contribution in [2.75, 3.05) is 5.32 Å². The molecule has 28 heavy (non-hydrogen) atoms. The molecule has 5 heteroatoms. The Labute approximate surface area is 166 Å². The van der Waals surface area contributed by atoms with Gasteiger partial charge in [-0.15, -0.1) is 11.3 Å². The van der Waals surface area contributed by atoms with Gasteiger partial charge in [0.15, 0.2) is 0 Å². The van der Waals surface area contributed by atoms with E-state index in [0.29, 0.717) is 27.3 Å². The summed E-state index contributed by atoms with van der Waals surface area (Å²) in [6, 6.07) is 19.9. The molecule has 1 N–H and O–H groups in total. The Morgan fingerprint density at radius 2 is 1.71 bits per heavy atom. The van der Waals surface area contributed by atoms with Gasteiger partial charge in [0.2, 0.25) is 0 Å². The van der Waals surface area contributed by atoms with Gasteiger partial charge in [-0.1, -0.05) is 18.2 Å². The summed E-state index contributed by atoms with van der Waals surface area (Å²) in [6.45, 7) is 3.78. The Morgan fingerprint density at radius 3 is 2.43 bits per heavy atom. The van der Waals surface area contributed by atoms with Gasteiger partial charge in [-0.25, -0.2) is 4.39 Å². The van der Waals surface area contributed by atoms with Crippen LogP contribution < -0.4 is 10.1 Å². The zero-order chi connectivity index (χ0) is 19.7. The first-order chi connectivity index (χ1) is 13.5. The Balaban J connectivity index is 1.51. The molecule has 0 spiro atoms. The number of ether oxygens (including phenoxy) is 1. The predicted octanol–water partition coefficient (Wildman–Crippen LogP) is 6.70. The zero-order valence-electron chi connectivity index (χ0n) is 15.5. The number of rotatable bonds is 4. The van der Waals surface area contributed by atoms with E-state index in [9.17, 15) is 9.18 Å². The highest BCUT2D eigenvalue weighted by Crippen LogP contribution is 2.33. The number of hydrogen-bond acceptors (Lipinski definition) is 3. The maximum atomic E-state index is 14.1. The van der Waals surface area contributed by atoms with E-state index < -0.39 is 0 Å². The van der Waals surface area contributed by atoms with Crippen LogP contribution in [0.3, 0.4) is 0 Å².